The molecule has 1 heteroatoms. The molecule has 0 saturated carbocycles. The maximum atomic E-state index is 3.85. The number of aromatic nitrogens is 1. The molecule has 3 rings (SSSR count). The van der Waals surface area contributed by atoms with E-state index in [0.29, 0.717) is 0 Å². The third kappa shape index (κ3) is 2.39. The van der Waals surface area contributed by atoms with Crippen LogP contribution in [0.15, 0.2) is 55.1 Å². The summed E-state index contributed by atoms with van der Waals surface area (Å²) in [6.07, 6.45) is 4.05. The van der Waals surface area contributed by atoms with Crippen LogP contribution in [0.3, 0.4) is 0 Å². The zero-order valence-corrected chi connectivity index (χ0v) is 11.8. The minimum absolute atomic E-state index is 1.08. The van der Waals surface area contributed by atoms with Crippen molar-refractivity contribution in [3.05, 3.63) is 77.5 Å². The van der Waals surface area contributed by atoms with Crippen LogP contribution in [0, 0.1) is 6.92 Å². The number of nitrogens with one attached hydrogen (secondary N) is 1. The van der Waals surface area contributed by atoms with Crippen molar-refractivity contribution in [3.63, 3.8) is 0 Å². The quantitative estimate of drug-likeness (QED) is 0.687. The average molecular weight is 261 g/mol. The van der Waals surface area contributed by atoms with Crippen molar-refractivity contribution in [2.75, 3.05) is 0 Å². The molecule has 0 aliphatic rings. The van der Waals surface area contributed by atoms with Gasteiger partial charge in [-0.15, -0.1) is 0 Å². The first-order valence-electron chi connectivity index (χ1n) is 7.05. The normalized spacial score (nSPS) is 10.8. The SMILES string of the molecule is C=Cc1[nH]c2ccc(CCc3ccccc3)cc2c1C. The monoisotopic (exact) mass is 261 g/mol. The maximum absolute atomic E-state index is 3.85. The Labute approximate surface area is 120 Å². The summed E-state index contributed by atoms with van der Waals surface area (Å²) in [5, 5.41) is 1.31. The molecule has 0 spiro atoms. The van der Waals surface area contributed by atoms with Gasteiger partial charge in [0.25, 0.3) is 0 Å². The van der Waals surface area contributed by atoms with Crippen LogP contribution in [0.1, 0.15) is 22.4 Å². The highest BCUT2D eigenvalue weighted by molar-refractivity contribution is 5.87. The summed E-state index contributed by atoms with van der Waals surface area (Å²) in [5.41, 5.74) is 6.39. The van der Waals surface area contributed by atoms with E-state index in [1.807, 2.05) is 6.08 Å². The number of fused-ring (bicyclic) bond motifs is 1. The lowest BCUT2D eigenvalue weighted by atomic mass is 10.0. The van der Waals surface area contributed by atoms with E-state index in [1.165, 1.54) is 27.6 Å². The highest BCUT2D eigenvalue weighted by atomic mass is 14.7. The Balaban J connectivity index is 1.85. The van der Waals surface area contributed by atoms with Crippen molar-refractivity contribution >= 4 is 17.0 Å². The number of H-pyrrole nitrogens is 1. The summed E-state index contributed by atoms with van der Waals surface area (Å²) in [7, 11) is 0. The van der Waals surface area contributed by atoms with Crippen molar-refractivity contribution in [1.29, 1.82) is 0 Å². The number of rotatable bonds is 4. The Bertz CT molecular complexity index is 735. The van der Waals surface area contributed by atoms with Crippen LogP contribution in [0.25, 0.3) is 17.0 Å². The fourth-order valence-corrected chi connectivity index (χ4v) is 2.69. The molecule has 1 heterocycles. The van der Waals surface area contributed by atoms with Gasteiger partial charge >= 0.3 is 0 Å². The van der Waals surface area contributed by atoms with Crippen molar-refractivity contribution < 1.29 is 0 Å². The third-order valence-corrected chi connectivity index (χ3v) is 3.91. The fraction of sp³-hybridized carbons (Fsp3) is 0.158. The first-order chi connectivity index (χ1) is 9.78. The molecule has 20 heavy (non-hydrogen) atoms. The third-order valence-electron chi connectivity index (χ3n) is 3.91. The van der Waals surface area contributed by atoms with Crippen LogP contribution >= 0.6 is 0 Å². The molecule has 0 bridgehead atoms. The fourth-order valence-electron chi connectivity index (χ4n) is 2.69. The van der Waals surface area contributed by atoms with Gasteiger partial charge in [-0.25, -0.2) is 0 Å². The van der Waals surface area contributed by atoms with Crippen LogP contribution in [0.2, 0.25) is 0 Å². The number of aryl methyl sites for hydroxylation is 3. The first-order valence-corrected chi connectivity index (χ1v) is 7.05. The lowest BCUT2D eigenvalue weighted by Crippen LogP contribution is -1.90. The molecule has 0 atom stereocenters. The van der Waals surface area contributed by atoms with E-state index in [-0.39, 0.29) is 0 Å². The van der Waals surface area contributed by atoms with Gasteiger partial charge in [0.05, 0.1) is 0 Å². The van der Waals surface area contributed by atoms with Crippen molar-refractivity contribution in [2.45, 2.75) is 19.8 Å². The molecule has 0 saturated heterocycles. The molecule has 0 unspecified atom stereocenters. The average Bonchev–Trinajstić information content (AvgIpc) is 2.82. The summed E-state index contributed by atoms with van der Waals surface area (Å²) < 4.78 is 0. The van der Waals surface area contributed by atoms with Gasteiger partial charge in [0.1, 0.15) is 0 Å². The van der Waals surface area contributed by atoms with E-state index >= 15 is 0 Å². The molecule has 100 valence electrons. The molecule has 3 aromatic rings. The van der Waals surface area contributed by atoms with Gasteiger partial charge in [0.2, 0.25) is 0 Å². The van der Waals surface area contributed by atoms with Gasteiger partial charge < -0.3 is 4.98 Å². The second kappa shape index (κ2) is 5.38. The second-order valence-corrected chi connectivity index (χ2v) is 5.23. The zero-order chi connectivity index (χ0) is 13.9. The van der Waals surface area contributed by atoms with Crippen molar-refractivity contribution in [3.8, 4) is 0 Å². The van der Waals surface area contributed by atoms with Crippen LogP contribution in [0.4, 0.5) is 0 Å². The summed E-state index contributed by atoms with van der Waals surface area (Å²) in [6.45, 7) is 6.00. The van der Waals surface area contributed by atoms with Crippen LogP contribution in [-0.4, -0.2) is 4.98 Å². The Hall–Kier alpha value is -2.28. The van der Waals surface area contributed by atoms with Crippen LogP contribution < -0.4 is 0 Å². The van der Waals surface area contributed by atoms with Crippen LogP contribution in [-0.2, 0) is 12.8 Å². The Morgan fingerprint density at radius 3 is 2.50 bits per heavy atom. The molecule has 0 aliphatic heterocycles. The molecule has 1 aromatic heterocycles. The lowest BCUT2D eigenvalue weighted by Gasteiger charge is -2.03. The van der Waals surface area contributed by atoms with E-state index in [9.17, 15) is 0 Å². The summed E-state index contributed by atoms with van der Waals surface area (Å²) in [4.78, 5) is 3.40. The summed E-state index contributed by atoms with van der Waals surface area (Å²) in [6, 6.07) is 17.3. The maximum Gasteiger partial charge on any atom is 0.0461 e. The zero-order valence-electron chi connectivity index (χ0n) is 11.8. The second-order valence-electron chi connectivity index (χ2n) is 5.23. The predicted octanol–water partition coefficient (Wildman–Crippen LogP) is 4.90. The highest BCUT2D eigenvalue weighted by Gasteiger charge is 2.06. The van der Waals surface area contributed by atoms with E-state index in [0.717, 1.165) is 18.5 Å². The highest BCUT2D eigenvalue weighted by Crippen LogP contribution is 2.24. The minimum Gasteiger partial charge on any atom is -0.355 e. The lowest BCUT2D eigenvalue weighted by molar-refractivity contribution is 0.962. The van der Waals surface area contributed by atoms with Gasteiger partial charge in [-0.1, -0.05) is 43.0 Å². The Morgan fingerprint density at radius 2 is 1.75 bits per heavy atom. The van der Waals surface area contributed by atoms with Crippen molar-refractivity contribution in [1.82, 2.24) is 4.98 Å². The van der Waals surface area contributed by atoms with Gasteiger partial charge in [-0.2, -0.15) is 0 Å². The van der Waals surface area contributed by atoms with E-state index in [2.05, 4.69) is 67.0 Å². The molecular formula is C19H19N. The van der Waals surface area contributed by atoms with Crippen molar-refractivity contribution in [2.24, 2.45) is 0 Å². The van der Waals surface area contributed by atoms with Crippen LogP contribution in [0.5, 0.6) is 0 Å². The molecule has 1 N–H and O–H groups in total. The van der Waals surface area contributed by atoms with Gasteiger partial charge in [0, 0.05) is 16.6 Å². The predicted molar refractivity (Wildman–Crippen MR) is 87.0 cm³/mol. The van der Waals surface area contributed by atoms with E-state index in [1.54, 1.807) is 0 Å². The van der Waals surface area contributed by atoms with E-state index < -0.39 is 0 Å². The standard InChI is InChI=1S/C19H19N/c1-3-18-14(2)17-13-16(11-12-19(17)20-18)10-9-15-7-5-4-6-8-15/h3-8,11-13,20H,1,9-10H2,2H3. The largest absolute Gasteiger partial charge is 0.355 e. The van der Waals surface area contributed by atoms with Gasteiger partial charge in [-0.3, -0.25) is 0 Å². The molecule has 1 nitrogen and oxygen atoms in total. The number of aromatic amines is 1. The topological polar surface area (TPSA) is 15.8 Å². The molecule has 0 fully saturated rings. The minimum atomic E-state index is 1.08. The number of hydrogen-bond acceptors (Lipinski definition) is 0. The summed E-state index contributed by atoms with van der Waals surface area (Å²) >= 11 is 0. The molecule has 0 radical (unpaired) electrons. The smallest absolute Gasteiger partial charge is 0.0461 e. The van der Waals surface area contributed by atoms with E-state index in [4.69, 9.17) is 0 Å². The van der Waals surface area contributed by atoms with Gasteiger partial charge in [0.15, 0.2) is 0 Å². The van der Waals surface area contributed by atoms with Gasteiger partial charge in [-0.05, 0) is 54.7 Å². The molecule has 2 aromatic carbocycles. The Morgan fingerprint density at radius 1 is 1.00 bits per heavy atom. The first kappa shape index (κ1) is 12.7. The molecule has 0 aliphatic carbocycles. The molecule has 0 amide bonds. The molecular weight excluding hydrogens is 242 g/mol. The number of hydrogen-bond donors (Lipinski definition) is 1. The number of benzene rings is 2. The summed E-state index contributed by atoms with van der Waals surface area (Å²) in [5.74, 6) is 0. The Kier molecular flexibility index (Phi) is 3.42.